The first-order chi connectivity index (χ1) is 10.3. The smallest absolute Gasteiger partial charge is 0.139 e. The third-order valence-electron chi connectivity index (χ3n) is 4.38. The molecule has 0 aromatic heterocycles. The van der Waals surface area contributed by atoms with Gasteiger partial charge in [0.2, 0.25) is 0 Å². The Labute approximate surface area is 130 Å². The molecule has 2 aliphatic rings. The lowest BCUT2D eigenvalue weighted by atomic mass is 9.82. The molecule has 4 heteroatoms. The molecular formula is C17H22O3S. The van der Waals surface area contributed by atoms with Crippen LogP contribution in [0.1, 0.15) is 25.7 Å². The number of benzene rings is 1. The van der Waals surface area contributed by atoms with E-state index in [-0.39, 0.29) is 11.5 Å². The predicted molar refractivity (Wildman–Crippen MR) is 84.9 cm³/mol. The molecule has 3 nitrogen and oxygen atoms in total. The molecule has 1 aromatic carbocycles. The molecule has 1 spiro atoms. The van der Waals surface area contributed by atoms with Gasteiger partial charge in [-0.3, -0.25) is 4.79 Å². The number of rotatable bonds is 5. The zero-order valence-electron chi connectivity index (χ0n) is 12.3. The molecule has 0 radical (unpaired) electrons. The van der Waals surface area contributed by atoms with Crippen LogP contribution in [0.2, 0.25) is 0 Å². The van der Waals surface area contributed by atoms with E-state index in [9.17, 15) is 4.79 Å². The van der Waals surface area contributed by atoms with E-state index in [4.69, 9.17) is 9.47 Å². The number of ether oxygens (including phenoxy) is 2. The van der Waals surface area contributed by atoms with Crippen molar-refractivity contribution in [2.45, 2.75) is 31.3 Å². The molecule has 0 saturated carbocycles. The summed E-state index contributed by atoms with van der Waals surface area (Å²) < 4.78 is 11.6. The summed E-state index contributed by atoms with van der Waals surface area (Å²) >= 11 is 1.95. The van der Waals surface area contributed by atoms with E-state index in [0.29, 0.717) is 18.8 Å². The number of hydrogen-bond donors (Lipinski definition) is 0. The van der Waals surface area contributed by atoms with Crippen LogP contribution in [-0.2, 0) is 9.53 Å². The summed E-state index contributed by atoms with van der Waals surface area (Å²) in [6.45, 7) is 1.21. The van der Waals surface area contributed by atoms with Crippen LogP contribution in [0.4, 0.5) is 0 Å². The van der Waals surface area contributed by atoms with Gasteiger partial charge in [-0.05, 0) is 37.1 Å². The van der Waals surface area contributed by atoms with Crippen molar-refractivity contribution in [1.82, 2.24) is 0 Å². The highest BCUT2D eigenvalue weighted by molar-refractivity contribution is 7.99. The summed E-state index contributed by atoms with van der Waals surface area (Å²) in [5, 5.41) is 0. The van der Waals surface area contributed by atoms with E-state index < -0.39 is 0 Å². The SMILES string of the molecule is O=C(CCOc1ccccc1)C1CCOC2(CCSC2)C1. The third kappa shape index (κ3) is 3.80. The van der Waals surface area contributed by atoms with Crippen LogP contribution in [0.25, 0.3) is 0 Å². The van der Waals surface area contributed by atoms with Gasteiger partial charge in [-0.1, -0.05) is 18.2 Å². The molecule has 21 heavy (non-hydrogen) atoms. The Morgan fingerprint density at radius 3 is 3.00 bits per heavy atom. The first-order valence-electron chi connectivity index (χ1n) is 7.70. The first-order valence-corrected chi connectivity index (χ1v) is 8.85. The topological polar surface area (TPSA) is 35.5 Å². The molecule has 114 valence electrons. The van der Waals surface area contributed by atoms with Crippen LogP contribution in [0, 0.1) is 5.92 Å². The van der Waals surface area contributed by atoms with E-state index in [0.717, 1.165) is 43.1 Å². The van der Waals surface area contributed by atoms with Crippen LogP contribution in [0.5, 0.6) is 5.75 Å². The minimum absolute atomic E-state index is 0.0104. The lowest BCUT2D eigenvalue weighted by Crippen LogP contribution is -2.42. The number of para-hydroxylation sites is 1. The Bertz CT molecular complexity index is 468. The Morgan fingerprint density at radius 2 is 2.24 bits per heavy atom. The summed E-state index contributed by atoms with van der Waals surface area (Å²) in [6.07, 6.45) is 3.38. The lowest BCUT2D eigenvalue weighted by molar-refractivity contribution is -0.134. The van der Waals surface area contributed by atoms with E-state index >= 15 is 0 Å². The number of Topliss-reactive ketones (excluding diaryl/α,β-unsaturated/α-hetero) is 1. The minimum atomic E-state index is -0.0104. The third-order valence-corrected chi connectivity index (χ3v) is 5.60. The van der Waals surface area contributed by atoms with Gasteiger partial charge in [-0.2, -0.15) is 11.8 Å². The average Bonchev–Trinajstić information content (AvgIpc) is 2.96. The maximum Gasteiger partial charge on any atom is 0.139 e. The molecule has 0 bridgehead atoms. The van der Waals surface area contributed by atoms with Gasteiger partial charge in [-0.15, -0.1) is 0 Å². The second kappa shape index (κ2) is 6.84. The standard InChI is InChI=1S/C17H22O3S/c18-16(7-9-19-15-4-2-1-3-5-15)14-6-10-20-17(12-14)8-11-21-13-17/h1-5,14H,6-13H2. The van der Waals surface area contributed by atoms with Crippen molar-refractivity contribution in [2.24, 2.45) is 5.92 Å². The molecule has 3 rings (SSSR count). The normalized spacial score (nSPS) is 28.7. The van der Waals surface area contributed by atoms with Gasteiger partial charge in [0.1, 0.15) is 11.5 Å². The lowest BCUT2D eigenvalue weighted by Gasteiger charge is -2.37. The summed E-state index contributed by atoms with van der Waals surface area (Å²) in [7, 11) is 0. The predicted octanol–water partition coefficient (Wildman–Crippen LogP) is 3.33. The van der Waals surface area contributed by atoms with Crippen molar-refractivity contribution in [3.63, 3.8) is 0 Å². The van der Waals surface area contributed by atoms with Crippen LogP contribution in [-0.4, -0.2) is 36.1 Å². The fraction of sp³-hybridized carbons (Fsp3) is 0.588. The van der Waals surface area contributed by atoms with Crippen LogP contribution >= 0.6 is 11.8 Å². The molecular weight excluding hydrogens is 284 g/mol. The van der Waals surface area contributed by atoms with E-state index in [1.54, 1.807) is 0 Å². The Morgan fingerprint density at radius 1 is 1.38 bits per heavy atom. The molecule has 0 N–H and O–H groups in total. The van der Waals surface area contributed by atoms with E-state index in [1.807, 2.05) is 42.1 Å². The van der Waals surface area contributed by atoms with Gasteiger partial charge in [0, 0.05) is 24.7 Å². The van der Waals surface area contributed by atoms with Gasteiger partial charge < -0.3 is 9.47 Å². The number of carbonyl (C=O) groups is 1. The zero-order valence-corrected chi connectivity index (χ0v) is 13.1. The zero-order chi connectivity index (χ0) is 14.5. The van der Waals surface area contributed by atoms with Crippen molar-refractivity contribution >= 4 is 17.5 Å². The fourth-order valence-corrected chi connectivity index (χ4v) is 4.53. The average molecular weight is 306 g/mol. The minimum Gasteiger partial charge on any atom is -0.493 e. The molecule has 2 saturated heterocycles. The van der Waals surface area contributed by atoms with Crippen molar-refractivity contribution < 1.29 is 14.3 Å². The first kappa shape index (κ1) is 14.9. The molecule has 2 fully saturated rings. The molecule has 2 atom stereocenters. The molecule has 1 aromatic rings. The van der Waals surface area contributed by atoms with Gasteiger partial charge in [0.15, 0.2) is 0 Å². The second-order valence-corrected chi connectivity index (χ2v) is 7.01. The van der Waals surface area contributed by atoms with Crippen molar-refractivity contribution in [3.8, 4) is 5.75 Å². The summed E-state index contributed by atoms with van der Waals surface area (Å²) in [5.41, 5.74) is -0.0104. The highest BCUT2D eigenvalue weighted by Crippen LogP contribution is 2.40. The molecule has 0 amide bonds. The quantitative estimate of drug-likeness (QED) is 0.836. The Hall–Kier alpha value is -1.00. The van der Waals surface area contributed by atoms with Crippen molar-refractivity contribution in [3.05, 3.63) is 30.3 Å². The Kier molecular flexibility index (Phi) is 4.86. The van der Waals surface area contributed by atoms with E-state index in [2.05, 4.69) is 0 Å². The fourth-order valence-electron chi connectivity index (χ4n) is 3.16. The number of ketones is 1. The maximum atomic E-state index is 12.4. The molecule has 2 unspecified atom stereocenters. The summed E-state index contributed by atoms with van der Waals surface area (Å²) in [6, 6.07) is 9.68. The van der Waals surface area contributed by atoms with Crippen molar-refractivity contribution in [2.75, 3.05) is 24.7 Å². The maximum absolute atomic E-state index is 12.4. The van der Waals surface area contributed by atoms with Gasteiger partial charge in [0.05, 0.1) is 12.2 Å². The largest absolute Gasteiger partial charge is 0.493 e. The highest BCUT2D eigenvalue weighted by Gasteiger charge is 2.42. The Balaban J connectivity index is 1.46. The van der Waals surface area contributed by atoms with Crippen molar-refractivity contribution in [1.29, 1.82) is 0 Å². The van der Waals surface area contributed by atoms with E-state index in [1.165, 1.54) is 0 Å². The van der Waals surface area contributed by atoms with Gasteiger partial charge in [0.25, 0.3) is 0 Å². The van der Waals surface area contributed by atoms with Gasteiger partial charge in [-0.25, -0.2) is 0 Å². The number of carbonyl (C=O) groups excluding carboxylic acids is 1. The molecule has 2 heterocycles. The summed E-state index contributed by atoms with van der Waals surface area (Å²) in [4.78, 5) is 12.4. The number of hydrogen-bond acceptors (Lipinski definition) is 4. The van der Waals surface area contributed by atoms with Crippen LogP contribution in [0.15, 0.2) is 30.3 Å². The van der Waals surface area contributed by atoms with Crippen LogP contribution < -0.4 is 4.74 Å². The van der Waals surface area contributed by atoms with Crippen LogP contribution in [0.3, 0.4) is 0 Å². The number of thioether (sulfide) groups is 1. The second-order valence-electron chi connectivity index (χ2n) is 5.90. The van der Waals surface area contributed by atoms with Gasteiger partial charge >= 0.3 is 0 Å². The summed E-state index contributed by atoms with van der Waals surface area (Å²) in [5.74, 6) is 3.55. The molecule has 0 aliphatic carbocycles. The molecule has 2 aliphatic heterocycles. The highest BCUT2D eigenvalue weighted by atomic mass is 32.2. The monoisotopic (exact) mass is 306 g/mol.